The van der Waals surface area contributed by atoms with Crippen LogP contribution in [0.3, 0.4) is 0 Å². The lowest BCUT2D eigenvalue weighted by molar-refractivity contribution is 0.210. The Bertz CT molecular complexity index is 1290. The first-order chi connectivity index (χ1) is 15.0. The van der Waals surface area contributed by atoms with Crippen LogP contribution in [-0.4, -0.2) is 31.6 Å². The van der Waals surface area contributed by atoms with Gasteiger partial charge in [-0.05, 0) is 44.9 Å². The highest BCUT2D eigenvalue weighted by Gasteiger charge is 2.25. The van der Waals surface area contributed by atoms with E-state index in [4.69, 9.17) is 4.42 Å². The second-order valence-electron chi connectivity index (χ2n) is 8.09. The first kappa shape index (κ1) is 23.0. The SMILES string of the molecule is C=C(C)C(O)Cc1c(O)c(CC=C(C)C)c(O)c2c(=O)c(-c3ccc(O)c(O)c3)coc12. The predicted molar refractivity (Wildman–Crippen MR) is 122 cm³/mol. The first-order valence-electron chi connectivity index (χ1n) is 10.0. The van der Waals surface area contributed by atoms with Crippen LogP contribution in [0.1, 0.15) is 31.9 Å². The molecule has 0 aliphatic rings. The van der Waals surface area contributed by atoms with E-state index in [9.17, 15) is 30.3 Å². The Balaban J connectivity index is 2.36. The minimum atomic E-state index is -0.996. The van der Waals surface area contributed by atoms with E-state index in [-0.39, 0.29) is 57.6 Å². The molecule has 7 nitrogen and oxygen atoms in total. The molecule has 0 aliphatic heterocycles. The number of phenolic OH excluding ortho intramolecular Hbond substituents is 4. The molecule has 0 bridgehead atoms. The summed E-state index contributed by atoms with van der Waals surface area (Å²) in [6.45, 7) is 9.09. The number of allylic oxidation sites excluding steroid dienone is 2. The van der Waals surface area contributed by atoms with Crippen LogP contribution in [0.25, 0.3) is 22.1 Å². The number of phenols is 4. The molecule has 0 saturated carbocycles. The number of rotatable bonds is 6. The second-order valence-corrected chi connectivity index (χ2v) is 8.09. The van der Waals surface area contributed by atoms with Crippen LogP contribution in [-0.2, 0) is 12.8 Å². The molecule has 0 fully saturated rings. The first-order valence-corrected chi connectivity index (χ1v) is 10.0. The van der Waals surface area contributed by atoms with Gasteiger partial charge in [-0.3, -0.25) is 4.79 Å². The molecule has 3 aromatic rings. The van der Waals surface area contributed by atoms with E-state index < -0.39 is 23.0 Å². The van der Waals surface area contributed by atoms with Gasteiger partial charge in [0.2, 0.25) is 5.43 Å². The zero-order valence-corrected chi connectivity index (χ0v) is 18.1. The number of hydrogen-bond donors (Lipinski definition) is 5. The largest absolute Gasteiger partial charge is 0.507 e. The van der Waals surface area contributed by atoms with Crippen molar-refractivity contribution in [3.63, 3.8) is 0 Å². The van der Waals surface area contributed by atoms with Crippen molar-refractivity contribution >= 4 is 11.0 Å². The number of aliphatic hydroxyl groups excluding tert-OH is 1. The summed E-state index contributed by atoms with van der Waals surface area (Å²) < 4.78 is 5.68. The third-order valence-corrected chi connectivity index (χ3v) is 5.33. The lowest BCUT2D eigenvalue weighted by Crippen LogP contribution is -2.14. The Morgan fingerprint density at radius 2 is 1.75 bits per heavy atom. The zero-order chi connectivity index (χ0) is 23.7. The topological polar surface area (TPSA) is 131 Å². The maximum absolute atomic E-state index is 13.4. The summed E-state index contributed by atoms with van der Waals surface area (Å²) in [5, 5.41) is 51.4. The minimum Gasteiger partial charge on any atom is -0.507 e. The molecule has 168 valence electrons. The molecule has 0 saturated heterocycles. The predicted octanol–water partition coefficient (Wildman–Crippen LogP) is 4.27. The lowest BCUT2D eigenvalue weighted by Gasteiger charge is -2.17. The average molecular weight is 438 g/mol. The van der Waals surface area contributed by atoms with E-state index in [0.29, 0.717) is 5.57 Å². The van der Waals surface area contributed by atoms with Gasteiger partial charge in [-0.25, -0.2) is 0 Å². The average Bonchev–Trinajstić information content (AvgIpc) is 2.72. The van der Waals surface area contributed by atoms with Gasteiger partial charge in [0, 0.05) is 17.5 Å². The maximum Gasteiger partial charge on any atom is 0.204 e. The van der Waals surface area contributed by atoms with Gasteiger partial charge >= 0.3 is 0 Å². The number of hydrogen-bond acceptors (Lipinski definition) is 7. The van der Waals surface area contributed by atoms with Crippen molar-refractivity contribution in [3.05, 3.63) is 69.6 Å². The summed E-state index contributed by atoms with van der Waals surface area (Å²) in [5.41, 5.74) is 1.44. The summed E-state index contributed by atoms with van der Waals surface area (Å²) in [6, 6.07) is 3.88. The zero-order valence-electron chi connectivity index (χ0n) is 18.1. The standard InChI is InChI=1S/C25H26O7/c1-12(2)5-7-15-22(29)16(10-19(27)13(3)4)25-21(23(15)30)24(31)17(11-32-25)14-6-8-18(26)20(28)9-14/h5-6,8-9,11,19,26-30H,3,7,10H2,1-2,4H3. The van der Waals surface area contributed by atoms with E-state index in [1.807, 2.05) is 13.8 Å². The normalized spacial score (nSPS) is 12.0. The van der Waals surface area contributed by atoms with E-state index in [0.717, 1.165) is 11.8 Å². The molecule has 0 spiro atoms. The van der Waals surface area contributed by atoms with Crippen molar-refractivity contribution in [1.82, 2.24) is 0 Å². The van der Waals surface area contributed by atoms with Crippen molar-refractivity contribution < 1.29 is 29.9 Å². The number of benzene rings is 2. The summed E-state index contributed by atoms with van der Waals surface area (Å²) in [7, 11) is 0. The second kappa shape index (κ2) is 8.80. The number of aromatic hydroxyl groups is 4. The molecule has 1 atom stereocenters. The van der Waals surface area contributed by atoms with Gasteiger partial charge in [0.1, 0.15) is 28.7 Å². The number of fused-ring (bicyclic) bond motifs is 1. The quantitative estimate of drug-likeness (QED) is 0.287. The Hall–Kier alpha value is -3.71. The third kappa shape index (κ3) is 4.20. The van der Waals surface area contributed by atoms with E-state index in [1.54, 1.807) is 13.0 Å². The van der Waals surface area contributed by atoms with E-state index in [2.05, 4.69) is 6.58 Å². The molecule has 1 unspecified atom stereocenters. The maximum atomic E-state index is 13.4. The highest BCUT2D eigenvalue weighted by Crippen LogP contribution is 2.41. The summed E-state index contributed by atoms with van der Waals surface area (Å²) in [6.07, 6.45) is 2.05. The minimum absolute atomic E-state index is 0.0435. The molecule has 1 aromatic heterocycles. The molecular weight excluding hydrogens is 412 g/mol. The van der Waals surface area contributed by atoms with Crippen LogP contribution in [0.15, 0.2) is 57.5 Å². The lowest BCUT2D eigenvalue weighted by atomic mass is 9.93. The molecule has 0 amide bonds. The van der Waals surface area contributed by atoms with Gasteiger partial charge in [0.05, 0.1) is 11.7 Å². The van der Waals surface area contributed by atoms with Crippen molar-refractivity contribution in [2.45, 2.75) is 39.7 Å². The van der Waals surface area contributed by atoms with E-state index >= 15 is 0 Å². The molecule has 0 aliphatic carbocycles. The van der Waals surface area contributed by atoms with E-state index in [1.165, 1.54) is 18.2 Å². The van der Waals surface area contributed by atoms with Crippen molar-refractivity contribution in [1.29, 1.82) is 0 Å². The number of aliphatic hydroxyl groups is 1. The van der Waals surface area contributed by atoms with Gasteiger partial charge < -0.3 is 29.9 Å². The van der Waals surface area contributed by atoms with Crippen LogP contribution in [0.4, 0.5) is 0 Å². The smallest absolute Gasteiger partial charge is 0.204 e. The third-order valence-electron chi connectivity index (χ3n) is 5.33. The monoisotopic (exact) mass is 438 g/mol. The van der Waals surface area contributed by atoms with Gasteiger partial charge in [-0.1, -0.05) is 29.9 Å². The highest BCUT2D eigenvalue weighted by atomic mass is 16.3. The van der Waals surface area contributed by atoms with Crippen molar-refractivity contribution in [2.75, 3.05) is 0 Å². The summed E-state index contributed by atoms with van der Waals surface area (Å²) in [5.74, 6) is -1.42. The van der Waals surface area contributed by atoms with Crippen LogP contribution >= 0.6 is 0 Å². The van der Waals surface area contributed by atoms with Gasteiger partial charge in [0.25, 0.3) is 0 Å². The molecule has 2 aromatic carbocycles. The molecule has 1 heterocycles. The summed E-state index contributed by atoms with van der Waals surface area (Å²) >= 11 is 0. The van der Waals surface area contributed by atoms with Crippen molar-refractivity contribution in [3.8, 4) is 34.1 Å². The van der Waals surface area contributed by atoms with Crippen LogP contribution in [0.5, 0.6) is 23.0 Å². The highest BCUT2D eigenvalue weighted by molar-refractivity contribution is 5.92. The van der Waals surface area contributed by atoms with Crippen LogP contribution < -0.4 is 5.43 Å². The molecule has 5 N–H and O–H groups in total. The van der Waals surface area contributed by atoms with Crippen molar-refractivity contribution in [2.24, 2.45) is 0 Å². The molecular formula is C25H26O7. The molecule has 3 rings (SSSR count). The Kier molecular flexibility index (Phi) is 6.32. The van der Waals surface area contributed by atoms with Crippen LogP contribution in [0, 0.1) is 0 Å². The Morgan fingerprint density at radius 1 is 1.06 bits per heavy atom. The van der Waals surface area contributed by atoms with Gasteiger partial charge in [-0.2, -0.15) is 0 Å². The summed E-state index contributed by atoms with van der Waals surface area (Å²) in [4.78, 5) is 13.4. The molecule has 32 heavy (non-hydrogen) atoms. The van der Waals surface area contributed by atoms with Gasteiger partial charge in [0.15, 0.2) is 11.5 Å². The Labute approximate surface area is 184 Å². The Morgan fingerprint density at radius 3 is 2.34 bits per heavy atom. The molecule has 7 heteroatoms. The van der Waals surface area contributed by atoms with Crippen LogP contribution in [0.2, 0.25) is 0 Å². The fraction of sp³-hybridized carbons (Fsp3) is 0.240. The molecule has 0 radical (unpaired) electrons. The fourth-order valence-corrected chi connectivity index (χ4v) is 3.40. The van der Waals surface area contributed by atoms with Gasteiger partial charge in [-0.15, -0.1) is 0 Å². The fourth-order valence-electron chi connectivity index (χ4n) is 3.40.